The second kappa shape index (κ2) is 10.5. The van der Waals surface area contributed by atoms with Gasteiger partial charge >= 0.3 is 0 Å². The number of anilines is 1. The highest BCUT2D eigenvalue weighted by Gasteiger charge is 2.09. The number of hydrogen-bond acceptors (Lipinski definition) is 6. The molecule has 0 fully saturated rings. The van der Waals surface area contributed by atoms with Crippen LogP contribution in [0.25, 0.3) is 11.3 Å². The van der Waals surface area contributed by atoms with E-state index in [0.717, 1.165) is 29.2 Å². The van der Waals surface area contributed by atoms with Gasteiger partial charge in [0.05, 0.1) is 18.9 Å². The van der Waals surface area contributed by atoms with Crippen LogP contribution in [-0.2, 0) is 4.79 Å². The number of aromatic nitrogens is 1. The highest BCUT2D eigenvalue weighted by atomic mass is 32.1. The molecule has 29 heavy (non-hydrogen) atoms. The fraction of sp³-hybridized carbons (Fsp3) is 0.273. The van der Waals surface area contributed by atoms with E-state index in [4.69, 9.17) is 14.2 Å². The molecule has 3 aromatic rings. The van der Waals surface area contributed by atoms with Crippen LogP contribution in [0.3, 0.4) is 0 Å². The van der Waals surface area contributed by atoms with Gasteiger partial charge < -0.3 is 14.2 Å². The maximum Gasteiger partial charge on any atom is 0.264 e. The van der Waals surface area contributed by atoms with E-state index in [1.807, 2.05) is 48.7 Å². The van der Waals surface area contributed by atoms with E-state index >= 15 is 0 Å². The van der Waals surface area contributed by atoms with E-state index in [1.165, 1.54) is 11.3 Å². The molecular formula is C22H24N2O4S. The molecule has 1 N–H and O–H groups in total. The number of ether oxygens (including phenoxy) is 3. The van der Waals surface area contributed by atoms with Crippen LogP contribution in [0.5, 0.6) is 17.2 Å². The van der Waals surface area contributed by atoms with Crippen LogP contribution in [0.2, 0.25) is 0 Å². The Kier molecular flexibility index (Phi) is 7.47. The van der Waals surface area contributed by atoms with Gasteiger partial charge in [-0.25, -0.2) is 4.98 Å². The van der Waals surface area contributed by atoms with Crippen molar-refractivity contribution in [2.75, 3.05) is 25.1 Å². The summed E-state index contributed by atoms with van der Waals surface area (Å²) < 4.78 is 16.5. The number of thiazole rings is 1. The third kappa shape index (κ3) is 6.22. The molecule has 0 aliphatic heterocycles. The van der Waals surface area contributed by atoms with E-state index < -0.39 is 0 Å². The maximum absolute atomic E-state index is 12.1. The van der Waals surface area contributed by atoms with Crippen LogP contribution in [-0.4, -0.2) is 30.7 Å². The molecule has 1 aromatic heterocycles. The standard InChI is InChI=1S/C22H24N2O4S/c1-3-13-27-18-7-5-16(6-8-18)20-15-29-22(23-20)24-21(25)14-28-19-11-9-17(10-12-19)26-4-2/h5-12,15H,3-4,13-14H2,1-2H3,(H,23,24,25). The van der Waals surface area contributed by atoms with Gasteiger partial charge in [-0.3, -0.25) is 10.1 Å². The molecule has 1 heterocycles. The van der Waals surface area contributed by atoms with Crippen molar-refractivity contribution in [3.63, 3.8) is 0 Å². The van der Waals surface area contributed by atoms with Crippen molar-refractivity contribution in [1.82, 2.24) is 4.98 Å². The van der Waals surface area contributed by atoms with E-state index in [1.54, 1.807) is 12.1 Å². The minimum Gasteiger partial charge on any atom is -0.494 e. The van der Waals surface area contributed by atoms with Crippen molar-refractivity contribution in [2.45, 2.75) is 20.3 Å². The molecule has 0 radical (unpaired) electrons. The third-order valence-corrected chi connectivity index (χ3v) is 4.64. The lowest BCUT2D eigenvalue weighted by Gasteiger charge is -2.07. The summed E-state index contributed by atoms with van der Waals surface area (Å²) in [4.78, 5) is 16.6. The molecule has 6 nitrogen and oxygen atoms in total. The van der Waals surface area contributed by atoms with Gasteiger partial charge in [-0.05, 0) is 61.9 Å². The van der Waals surface area contributed by atoms with Crippen LogP contribution in [0.4, 0.5) is 5.13 Å². The fourth-order valence-electron chi connectivity index (χ4n) is 2.51. The van der Waals surface area contributed by atoms with Gasteiger partial charge in [0.2, 0.25) is 0 Å². The van der Waals surface area contributed by atoms with Gasteiger partial charge in [-0.1, -0.05) is 6.92 Å². The van der Waals surface area contributed by atoms with Crippen molar-refractivity contribution < 1.29 is 19.0 Å². The smallest absolute Gasteiger partial charge is 0.264 e. The Morgan fingerprint density at radius 1 is 0.931 bits per heavy atom. The molecule has 0 bridgehead atoms. The van der Waals surface area contributed by atoms with Gasteiger partial charge in [0.15, 0.2) is 11.7 Å². The highest BCUT2D eigenvalue weighted by Crippen LogP contribution is 2.26. The summed E-state index contributed by atoms with van der Waals surface area (Å²) in [6.45, 7) is 5.21. The number of carbonyl (C=O) groups is 1. The lowest BCUT2D eigenvalue weighted by atomic mass is 10.2. The maximum atomic E-state index is 12.1. The Morgan fingerprint density at radius 2 is 1.55 bits per heavy atom. The number of hydrogen-bond donors (Lipinski definition) is 1. The van der Waals surface area contributed by atoms with Gasteiger partial charge in [0.1, 0.15) is 17.2 Å². The number of nitrogens with zero attached hydrogens (tertiary/aromatic N) is 1. The van der Waals surface area contributed by atoms with Crippen LogP contribution < -0.4 is 19.5 Å². The number of nitrogens with one attached hydrogen (secondary N) is 1. The quantitative estimate of drug-likeness (QED) is 0.507. The number of amides is 1. The number of benzene rings is 2. The van der Waals surface area contributed by atoms with Crippen molar-refractivity contribution in [3.8, 4) is 28.5 Å². The van der Waals surface area contributed by atoms with E-state index in [0.29, 0.717) is 24.1 Å². The topological polar surface area (TPSA) is 69.7 Å². The molecule has 1 amide bonds. The Morgan fingerprint density at radius 3 is 2.21 bits per heavy atom. The molecule has 0 spiro atoms. The molecule has 2 aromatic carbocycles. The summed E-state index contributed by atoms with van der Waals surface area (Å²) in [5, 5.41) is 5.21. The molecule has 0 aliphatic rings. The third-order valence-electron chi connectivity index (χ3n) is 3.88. The molecule has 0 saturated heterocycles. The number of carbonyl (C=O) groups excluding carboxylic acids is 1. The first-order chi connectivity index (χ1) is 14.2. The Hall–Kier alpha value is -3.06. The van der Waals surface area contributed by atoms with Crippen molar-refractivity contribution in [3.05, 3.63) is 53.9 Å². The zero-order valence-corrected chi connectivity index (χ0v) is 17.3. The zero-order chi connectivity index (χ0) is 20.5. The van der Waals surface area contributed by atoms with Crippen LogP contribution in [0.15, 0.2) is 53.9 Å². The molecule has 0 saturated carbocycles. The Labute approximate surface area is 174 Å². The molecule has 3 rings (SSSR count). The van der Waals surface area contributed by atoms with Gasteiger partial charge in [-0.2, -0.15) is 0 Å². The largest absolute Gasteiger partial charge is 0.494 e. The minimum atomic E-state index is -0.261. The molecule has 0 atom stereocenters. The van der Waals surface area contributed by atoms with E-state index in [-0.39, 0.29) is 12.5 Å². The summed E-state index contributed by atoms with van der Waals surface area (Å²) in [6.07, 6.45) is 0.971. The molecule has 152 valence electrons. The van der Waals surface area contributed by atoms with Gasteiger partial charge in [0, 0.05) is 10.9 Å². The molecular weight excluding hydrogens is 388 g/mol. The number of rotatable bonds is 10. The Balaban J connectivity index is 1.50. The van der Waals surface area contributed by atoms with Crippen molar-refractivity contribution >= 4 is 22.4 Å². The average Bonchev–Trinajstić information content (AvgIpc) is 3.21. The summed E-state index contributed by atoms with van der Waals surface area (Å²) in [6, 6.07) is 14.9. The Bertz CT molecular complexity index is 907. The monoisotopic (exact) mass is 412 g/mol. The van der Waals surface area contributed by atoms with Crippen molar-refractivity contribution in [2.24, 2.45) is 0 Å². The van der Waals surface area contributed by atoms with Crippen molar-refractivity contribution in [1.29, 1.82) is 0 Å². The first-order valence-electron chi connectivity index (χ1n) is 9.52. The van der Waals surface area contributed by atoms with Crippen LogP contribution in [0.1, 0.15) is 20.3 Å². The van der Waals surface area contributed by atoms with E-state index in [2.05, 4.69) is 17.2 Å². The second-order valence-electron chi connectivity index (χ2n) is 6.15. The molecule has 0 unspecified atom stereocenters. The van der Waals surface area contributed by atoms with Gasteiger partial charge in [0.25, 0.3) is 5.91 Å². The fourth-order valence-corrected chi connectivity index (χ4v) is 3.24. The normalized spacial score (nSPS) is 10.4. The predicted octanol–water partition coefficient (Wildman–Crippen LogP) is 5.02. The second-order valence-corrected chi connectivity index (χ2v) is 7.01. The summed E-state index contributed by atoms with van der Waals surface area (Å²) in [5.74, 6) is 1.95. The lowest BCUT2D eigenvalue weighted by Crippen LogP contribution is -2.20. The lowest BCUT2D eigenvalue weighted by molar-refractivity contribution is -0.118. The summed E-state index contributed by atoms with van der Waals surface area (Å²) >= 11 is 1.37. The molecule has 0 aliphatic carbocycles. The average molecular weight is 413 g/mol. The van der Waals surface area contributed by atoms with Crippen LogP contribution >= 0.6 is 11.3 Å². The summed E-state index contributed by atoms with van der Waals surface area (Å²) in [5.41, 5.74) is 1.77. The minimum absolute atomic E-state index is 0.0909. The zero-order valence-electron chi connectivity index (χ0n) is 16.5. The van der Waals surface area contributed by atoms with E-state index in [9.17, 15) is 4.79 Å². The van der Waals surface area contributed by atoms with Gasteiger partial charge in [-0.15, -0.1) is 11.3 Å². The summed E-state index contributed by atoms with van der Waals surface area (Å²) in [7, 11) is 0. The molecule has 7 heteroatoms. The van der Waals surface area contributed by atoms with Crippen LogP contribution in [0, 0.1) is 0 Å². The first-order valence-corrected chi connectivity index (χ1v) is 10.4. The SMILES string of the molecule is CCCOc1ccc(-c2csc(NC(=O)COc3ccc(OCC)cc3)n2)cc1. The highest BCUT2D eigenvalue weighted by molar-refractivity contribution is 7.14. The predicted molar refractivity (Wildman–Crippen MR) is 115 cm³/mol. The first kappa shape index (κ1) is 20.7.